The van der Waals surface area contributed by atoms with Crippen molar-refractivity contribution in [1.29, 1.82) is 0 Å². The van der Waals surface area contributed by atoms with Crippen molar-refractivity contribution >= 4 is 40.1 Å². The fourth-order valence-corrected chi connectivity index (χ4v) is 2.48. The van der Waals surface area contributed by atoms with Gasteiger partial charge in [0.05, 0.1) is 23.4 Å². The maximum atomic E-state index is 12.0. The van der Waals surface area contributed by atoms with Gasteiger partial charge in [-0.15, -0.1) is 11.6 Å². The minimum absolute atomic E-state index is 0.190. The Kier molecular flexibility index (Phi) is 5.44. The monoisotopic (exact) mass is 322 g/mol. The van der Waals surface area contributed by atoms with Gasteiger partial charge in [-0.05, 0) is 31.0 Å². The van der Waals surface area contributed by atoms with Crippen LogP contribution in [0, 0.1) is 0 Å². The molecule has 0 saturated carbocycles. The summed E-state index contributed by atoms with van der Waals surface area (Å²) in [5.41, 5.74) is 2.86. The van der Waals surface area contributed by atoms with Crippen LogP contribution >= 0.6 is 11.6 Å². The van der Waals surface area contributed by atoms with E-state index in [0.717, 1.165) is 22.9 Å². The maximum absolute atomic E-state index is 12.0. The average Bonchev–Trinajstić information content (AvgIpc) is 2.91. The summed E-state index contributed by atoms with van der Waals surface area (Å²) in [6.45, 7) is 4.09. The zero-order chi connectivity index (χ0) is 16.1. The number of aromatic nitrogens is 1. The molecule has 1 aromatic carbocycles. The first kappa shape index (κ1) is 16.4. The Labute approximate surface area is 134 Å². The summed E-state index contributed by atoms with van der Waals surface area (Å²) in [5.74, 6) is -0.345. The number of halogens is 1. The van der Waals surface area contributed by atoms with Crippen LogP contribution in [0.2, 0.25) is 0 Å². The van der Waals surface area contributed by atoms with Crippen LogP contribution in [0.4, 0.5) is 5.69 Å². The lowest BCUT2D eigenvalue weighted by Gasteiger charge is -2.09. The maximum Gasteiger partial charge on any atom is 0.338 e. The van der Waals surface area contributed by atoms with Gasteiger partial charge in [0.25, 0.3) is 0 Å². The molecule has 2 N–H and O–H groups in total. The van der Waals surface area contributed by atoms with Crippen LogP contribution in [0.5, 0.6) is 0 Å². The molecule has 0 aliphatic carbocycles. The zero-order valence-electron chi connectivity index (χ0n) is 12.7. The Morgan fingerprint density at radius 3 is 2.73 bits per heavy atom. The van der Waals surface area contributed by atoms with Gasteiger partial charge in [-0.25, -0.2) is 4.79 Å². The molecule has 0 unspecified atom stereocenters. The van der Waals surface area contributed by atoms with Crippen LogP contribution in [-0.2, 0) is 16.0 Å². The van der Waals surface area contributed by atoms with Crippen molar-refractivity contribution in [3.8, 4) is 0 Å². The Bertz CT molecular complexity index is 694. The fourth-order valence-electron chi connectivity index (χ4n) is 2.31. The number of anilines is 1. The number of nitrogens with one attached hydrogen (secondary N) is 2. The van der Waals surface area contributed by atoms with E-state index in [1.54, 1.807) is 19.1 Å². The summed E-state index contributed by atoms with van der Waals surface area (Å²) in [6, 6.07) is 3.42. The minimum Gasteiger partial charge on any atom is -0.462 e. The zero-order valence-corrected chi connectivity index (χ0v) is 13.4. The number of carbonyl (C=O) groups excluding carboxylic acids is 2. The summed E-state index contributed by atoms with van der Waals surface area (Å²) in [5, 5.41) is 3.71. The number of ether oxygens (including phenoxy) is 1. The van der Waals surface area contributed by atoms with Crippen LogP contribution in [0.25, 0.3) is 10.9 Å². The van der Waals surface area contributed by atoms with Gasteiger partial charge < -0.3 is 15.0 Å². The number of esters is 1. The fraction of sp³-hybridized carbons (Fsp3) is 0.375. The molecule has 6 heteroatoms. The number of benzene rings is 1. The molecule has 0 aliphatic heterocycles. The first-order valence-electron chi connectivity index (χ1n) is 7.27. The van der Waals surface area contributed by atoms with Gasteiger partial charge >= 0.3 is 5.97 Å². The SMILES string of the molecule is CCOC(=O)c1cc(NC(=O)CCCl)c2[nH]cc(CC)c2c1. The number of hydrogen-bond donors (Lipinski definition) is 2. The molecule has 0 bridgehead atoms. The van der Waals surface area contributed by atoms with Gasteiger partial charge in [-0.1, -0.05) is 6.92 Å². The third kappa shape index (κ3) is 3.42. The summed E-state index contributed by atoms with van der Waals surface area (Å²) in [4.78, 5) is 27.0. The molecule has 2 aromatic rings. The predicted octanol–water partition coefficient (Wildman–Crippen LogP) is 3.47. The molecule has 0 aliphatic rings. The summed E-state index contributed by atoms with van der Waals surface area (Å²) in [7, 11) is 0. The molecular formula is C16H19ClN2O3. The molecule has 118 valence electrons. The van der Waals surface area contributed by atoms with Gasteiger partial charge in [0, 0.05) is 23.9 Å². The standard InChI is InChI=1S/C16H19ClN2O3/c1-3-10-9-18-15-12(10)7-11(16(21)22-4-2)8-13(15)19-14(20)5-6-17/h7-9,18H,3-6H2,1-2H3,(H,19,20). The molecule has 22 heavy (non-hydrogen) atoms. The van der Waals surface area contributed by atoms with E-state index in [-0.39, 0.29) is 18.2 Å². The molecule has 1 amide bonds. The van der Waals surface area contributed by atoms with E-state index in [0.29, 0.717) is 17.9 Å². The van der Waals surface area contributed by atoms with Gasteiger partial charge in [0.2, 0.25) is 5.91 Å². The van der Waals surface area contributed by atoms with Crippen LogP contribution in [0.1, 0.15) is 36.2 Å². The lowest BCUT2D eigenvalue weighted by molar-refractivity contribution is -0.115. The number of fused-ring (bicyclic) bond motifs is 1. The lowest BCUT2D eigenvalue weighted by Crippen LogP contribution is -2.13. The highest BCUT2D eigenvalue weighted by Gasteiger charge is 2.15. The molecule has 1 heterocycles. The Morgan fingerprint density at radius 2 is 2.09 bits per heavy atom. The van der Waals surface area contributed by atoms with Crippen molar-refractivity contribution in [2.45, 2.75) is 26.7 Å². The molecule has 2 rings (SSSR count). The third-order valence-electron chi connectivity index (χ3n) is 3.36. The van der Waals surface area contributed by atoms with Crippen LogP contribution in [0.15, 0.2) is 18.3 Å². The van der Waals surface area contributed by atoms with E-state index in [1.165, 1.54) is 0 Å². The van der Waals surface area contributed by atoms with Crippen molar-refractivity contribution in [3.05, 3.63) is 29.5 Å². The van der Waals surface area contributed by atoms with Gasteiger partial charge in [0.1, 0.15) is 0 Å². The normalized spacial score (nSPS) is 10.7. The van der Waals surface area contributed by atoms with E-state index in [1.807, 2.05) is 13.1 Å². The lowest BCUT2D eigenvalue weighted by atomic mass is 10.1. The minimum atomic E-state index is -0.402. The second kappa shape index (κ2) is 7.31. The van der Waals surface area contributed by atoms with E-state index < -0.39 is 5.97 Å². The molecule has 0 spiro atoms. The summed E-state index contributed by atoms with van der Waals surface area (Å²) in [6.07, 6.45) is 2.92. The van der Waals surface area contributed by atoms with Crippen molar-refractivity contribution in [2.24, 2.45) is 0 Å². The highest BCUT2D eigenvalue weighted by atomic mass is 35.5. The van der Waals surface area contributed by atoms with Gasteiger partial charge in [-0.3, -0.25) is 4.79 Å². The van der Waals surface area contributed by atoms with Crippen LogP contribution in [0.3, 0.4) is 0 Å². The summed E-state index contributed by atoms with van der Waals surface area (Å²) >= 11 is 5.59. The van der Waals surface area contributed by atoms with Gasteiger partial charge in [-0.2, -0.15) is 0 Å². The number of carbonyl (C=O) groups is 2. The molecule has 1 aromatic heterocycles. The number of aryl methyl sites for hydroxylation is 1. The largest absolute Gasteiger partial charge is 0.462 e. The van der Waals surface area contributed by atoms with Crippen molar-refractivity contribution in [3.63, 3.8) is 0 Å². The average molecular weight is 323 g/mol. The highest BCUT2D eigenvalue weighted by Crippen LogP contribution is 2.28. The smallest absolute Gasteiger partial charge is 0.338 e. The molecule has 0 saturated heterocycles. The first-order chi connectivity index (χ1) is 10.6. The van der Waals surface area contributed by atoms with Crippen molar-refractivity contribution < 1.29 is 14.3 Å². The molecule has 5 nitrogen and oxygen atoms in total. The highest BCUT2D eigenvalue weighted by molar-refractivity contribution is 6.19. The second-order valence-corrected chi connectivity index (χ2v) is 5.20. The molecule has 0 radical (unpaired) electrons. The number of aromatic amines is 1. The third-order valence-corrected chi connectivity index (χ3v) is 3.55. The Morgan fingerprint density at radius 1 is 1.32 bits per heavy atom. The first-order valence-corrected chi connectivity index (χ1v) is 7.81. The Hall–Kier alpha value is -2.01. The number of alkyl halides is 1. The number of H-pyrrole nitrogens is 1. The Balaban J connectivity index is 2.49. The topological polar surface area (TPSA) is 71.2 Å². The number of rotatable bonds is 6. The van der Waals surface area contributed by atoms with Crippen molar-refractivity contribution in [1.82, 2.24) is 4.98 Å². The summed E-state index contributed by atoms with van der Waals surface area (Å²) < 4.78 is 5.05. The van der Waals surface area contributed by atoms with Crippen LogP contribution < -0.4 is 5.32 Å². The van der Waals surface area contributed by atoms with E-state index in [9.17, 15) is 9.59 Å². The van der Waals surface area contributed by atoms with Crippen LogP contribution in [-0.4, -0.2) is 29.3 Å². The predicted molar refractivity (Wildman–Crippen MR) is 87.6 cm³/mol. The molecular weight excluding hydrogens is 304 g/mol. The van der Waals surface area contributed by atoms with E-state index in [4.69, 9.17) is 16.3 Å². The van der Waals surface area contributed by atoms with Gasteiger partial charge in [0.15, 0.2) is 0 Å². The second-order valence-electron chi connectivity index (χ2n) is 4.82. The van der Waals surface area contributed by atoms with E-state index in [2.05, 4.69) is 10.3 Å². The number of amides is 1. The quantitative estimate of drug-likeness (QED) is 0.632. The molecule has 0 fully saturated rings. The van der Waals surface area contributed by atoms with E-state index >= 15 is 0 Å². The molecule has 0 atom stereocenters. The van der Waals surface area contributed by atoms with Crippen molar-refractivity contribution in [2.75, 3.05) is 17.8 Å². The number of hydrogen-bond acceptors (Lipinski definition) is 3.